The van der Waals surface area contributed by atoms with E-state index in [0.717, 1.165) is 0 Å². The van der Waals surface area contributed by atoms with Crippen LogP contribution in [-0.4, -0.2) is 63.7 Å². The van der Waals surface area contributed by atoms with Crippen molar-refractivity contribution in [2.75, 3.05) is 13.7 Å². The second-order valence-electron chi connectivity index (χ2n) is 6.96. The fourth-order valence-electron chi connectivity index (χ4n) is 3.63. The van der Waals surface area contributed by atoms with Gasteiger partial charge in [0.1, 0.15) is 58.6 Å². The zero-order valence-corrected chi connectivity index (χ0v) is 15.3. The molecule has 154 valence electrons. The average molecular weight is 404 g/mol. The van der Waals surface area contributed by atoms with Crippen molar-refractivity contribution in [3.8, 4) is 11.5 Å². The predicted octanol–water partition coefficient (Wildman–Crippen LogP) is 0.175. The summed E-state index contributed by atoms with van der Waals surface area (Å²) < 4.78 is 16.4. The maximum absolute atomic E-state index is 12.9. The summed E-state index contributed by atoms with van der Waals surface area (Å²) in [5, 5.41) is 50.3. The molecule has 9 nitrogen and oxygen atoms in total. The Hall–Kier alpha value is -2.69. The van der Waals surface area contributed by atoms with Crippen molar-refractivity contribution in [1.82, 2.24) is 0 Å². The Kier molecular flexibility index (Phi) is 4.93. The second kappa shape index (κ2) is 7.29. The highest BCUT2D eigenvalue weighted by atomic mass is 16.5. The molecule has 5 atom stereocenters. The van der Waals surface area contributed by atoms with Gasteiger partial charge in [-0.05, 0) is 35.9 Å². The number of rotatable bonds is 3. The SMILES string of the molecule is COc1ccc2oc3cc(C4OC(CO)C(O)C(O)C4O)cc(O)c3c(=O)c2c1. The number of phenolic OH excluding ortho intramolecular Hbond substituents is 1. The molecule has 2 heterocycles. The number of hydrogen-bond acceptors (Lipinski definition) is 9. The summed E-state index contributed by atoms with van der Waals surface area (Å²) in [5.41, 5.74) is 0.0780. The lowest BCUT2D eigenvalue weighted by molar-refractivity contribution is -0.231. The molecule has 0 bridgehead atoms. The van der Waals surface area contributed by atoms with E-state index >= 15 is 0 Å². The van der Waals surface area contributed by atoms with E-state index in [4.69, 9.17) is 13.9 Å². The third-order valence-corrected chi connectivity index (χ3v) is 5.20. The molecule has 1 aromatic heterocycles. The summed E-state index contributed by atoms with van der Waals surface area (Å²) in [7, 11) is 1.47. The number of phenols is 1. The topological polar surface area (TPSA) is 150 Å². The number of benzene rings is 2. The Bertz CT molecular complexity index is 1120. The Morgan fingerprint density at radius 2 is 1.79 bits per heavy atom. The minimum Gasteiger partial charge on any atom is -0.507 e. The minimum atomic E-state index is -1.57. The predicted molar refractivity (Wildman–Crippen MR) is 101 cm³/mol. The molecule has 4 rings (SSSR count). The van der Waals surface area contributed by atoms with Crippen LogP contribution in [0.5, 0.6) is 11.5 Å². The van der Waals surface area contributed by atoms with Gasteiger partial charge >= 0.3 is 0 Å². The number of hydrogen-bond donors (Lipinski definition) is 5. The Morgan fingerprint density at radius 1 is 1.03 bits per heavy atom. The molecule has 0 amide bonds. The number of ether oxygens (including phenoxy) is 2. The van der Waals surface area contributed by atoms with E-state index in [9.17, 15) is 30.3 Å². The summed E-state index contributed by atoms with van der Waals surface area (Å²) in [6, 6.07) is 7.32. The number of methoxy groups -OCH3 is 1. The van der Waals surface area contributed by atoms with E-state index in [0.29, 0.717) is 5.75 Å². The molecule has 0 aliphatic carbocycles. The first kappa shape index (κ1) is 19.6. The molecule has 29 heavy (non-hydrogen) atoms. The largest absolute Gasteiger partial charge is 0.507 e. The van der Waals surface area contributed by atoms with Gasteiger partial charge in [0.05, 0.1) is 19.1 Å². The van der Waals surface area contributed by atoms with Crippen LogP contribution in [0.15, 0.2) is 39.5 Å². The standard InChI is InChI=1S/C20H20O9/c1-27-9-2-3-12-10(6-9)16(23)15-11(22)4-8(5-13(15)28-12)20-19(26)18(25)17(24)14(7-21)29-20/h2-6,14,17-22,24-26H,7H2,1H3. The second-order valence-corrected chi connectivity index (χ2v) is 6.96. The molecule has 0 spiro atoms. The summed E-state index contributed by atoms with van der Waals surface area (Å²) >= 11 is 0. The van der Waals surface area contributed by atoms with Gasteiger partial charge in [-0.3, -0.25) is 4.79 Å². The molecular weight excluding hydrogens is 384 g/mol. The van der Waals surface area contributed by atoms with Gasteiger partial charge in [-0.2, -0.15) is 0 Å². The van der Waals surface area contributed by atoms with Crippen LogP contribution in [0, 0.1) is 0 Å². The van der Waals surface area contributed by atoms with Gasteiger partial charge in [-0.15, -0.1) is 0 Å². The van der Waals surface area contributed by atoms with Crippen LogP contribution < -0.4 is 10.2 Å². The van der Waals surface area contributed by atoms with E-state index in [-0.39, 0.29) is 27.5 Å². The van der Waals surface area contributed by atoms with Crippen molar-refractivity contribution in [1.29, 1.82) is 0 Å². The van der Waals surface area contributed by atoms with Gasteiger partial charge in [-0.25, -0.2) is 0 Å². The molecule has 5 N–H and O–H groups in total. The van der Waals surface area contributed by atoms with Gasteiger partial charge in [0.25, 0.3) is 0 Å². The third-order valence-electron chi connectivity index (χ3n) is 5.20. The van der Waals surface area contributed by atoms with E-state index < -0.39 is 48.3 Å². The molecule has 2 aromatic carbocycles. The van der Waals surface area contributed by atoms with E-state index in [1.807, 2.05) is 0 Å². The first-order chi connectivity index (χ1) is 13.8. The van der Waals surface area contributed by atoms with Gasteiger partial charge in [0, 0.05) is 0 Å². The molecule has 5 unspecified atom stereocenters. The molecule has 1 fully saturated rings. The van der Waals surface area contributed by atoms with Crippen molar-refractivity contribution in [3.63, 3.8) is 0 Å². The van der Waals surface area contributed by atoms with Crippen molar-refractivity contribution < 1.29 is 39.4 Å². The zero-order valence-electron chi connectivity index (χ0n) is 15.3. The van der Waals surface area contributed by atoms with Crippen LogP contribution in [0.4, 0.5) is 0 Å². The van der Waals surface area contributed by atoms with Crippen LogP contribution in [0.1, 0.15) is 11.7 Å². The van der Waals surface area contributed by atoms with Crippen LogP contribution >= 0.6 is 0 Å². The summed E-state index contributed by atoms with van der Waals surface area (Å²) in [5.74, 6) is 0.0644. The van der Waals surface area contributed by atoms with Crippen molar-refractivity contribution in [2.24, 2.45) is 0 Å². The average Bonchev–Trinajstić information content (AvgIpc) is 2.71. The maximum atomic E-state index is 12.9. The third kappa shape index (κ3) is 3.13. The van der Waals surface area contributed by atoms with Crippen molar-refractivity contribution >= 4 is 21.9 Å². The maximum Gasteiger partial charge on any atom is 0.204 e. The fourth-order valence-corrected chi connectivity index (χ4v) is 3.63. The van der Waals surface area contributed by atoms with Crippen LogP contribution in [0.25, 0.3) is 21.9 Å². The lowest BCUT2D eigenvalue weighted by atomic mass is 9.90. The molecule has 1 saturated heterocycles. The Labute approximate surface area is 164 Å². The van der Waals surface area contributed by atoms with Crippen molar-refractivity contribution in [2.45, 2.75) is 30.5 Å². The highest BCUT2D eigenvalue weighted by Gasteiger charge is 2.44. The number of aliphatic hydroxyl groups is 4. The molecule has 9 heteroatoms. The Balaban J connectivity index is 1.87. The lowest BCUT2D eigenvalue weighted by Crippen LogP contribution is -2.55. The quantitative estimate of drug-likeness (QED) is 0.385. The van der Waals surface area contributed by atoms with Crippen LogP contribution in [0.2, 0.25) is 0 Å². The van der Waals surface area contributed by atoms with Crippen LogP contribution in [0.3, 0.4) is 0 Å². The summed E-state index contributed by atoms with van der Waals surface area (Å²) in [4.78, 5) is 12.9. The van der Waals surface area contributed by atoms with E-state index in [1.165, 1.54) is 25.3 Å². The fraction of sp³-hybridized carbons (Fsp3) is 0.350. The van der Waals surface area contributed by atoms with Gasteiger partial charge in [-0.1, -0.05) is 0 Å². The first-order valence-corrected chi connectivity index (χ1v) is 8.93. The highest BCUT2D eigenvalue weighted by Crippen LogP contribution is 2.37. The van der Waals surface area contributed by atoms with Gasteiger partial charge < -0.3 is 39.4 Å². The monoisotopic (exact) mass is 404 g/mol. The van der Waals surface area contributed by atoms with E-state index in [2.05, 4.69) is 0 Å². The normalized spacial score (nSPS) is 27.4. The highest BCUT2D eigenvalue weighted by molar-refractivity contribution is 5.93. The molecule has 1 aliphatic rings. The first-order valence-electron chi connectivity index (χ1n) is 8.93. The van der Waals surface area contributed by atoms with E-state index in [1.54, 1.807) is 12.1 Å². The zero-order chi connectivity index (χ0) is 20.9. The minimum absolute atomic E-state index is 0.0552. The number of aliphatic hydroxyl groups excluding tert-OH is 4. The van der Waals surface area contributed by atoms with Gasteiger partial charge in [0.15, 0.2) is 0 Å². The number of aromatic hydroxyl groups is 1. The molecular formula is C20H20O9. The van der Waals surface area contributed by atoms with Crippen molar-refractivity contribution in [3.05, 3.63) is 46.1 Å². The molecule has 0 radical (unpaired) electrons. The van der Waals surface area contributed by atoms with Gasteiger partial charge in [0.2, 0.25) is 5.43 Å². The molecule has 3 aromatic rings. The summed E-state index contributed by atoms with van der Waals surface area (Å²) in [6.07, 6.45) is -6.87. The smallest absolute Gasteiger partial charge is 0.204 e. The molecule has 1 aliphatic heterocycles. The Morgan fingerprint density at radius 3 is 2.48 bits per heavy atom. The number of fused-ring (bicyclic) bond motifs is 2. The van der Waals surface area contributed by atoms with Crippen LogP contribution in [-0.2, 0) is 4.74 Å². The lowest BCUT2D eigenvalue weighted by Gasteiger charge is -2.40. The molecule has 0 saturated carbocycles. The summed E-state index contributed by atoms with van der Waals surface area (Å²) in [6.45, 7) is -0.581.